The van der Waals surface area contributed by atoms with Gasteiger partial charge in [-0.3, -0.25) is 4.79 Å². The molecule has 0 unspecified atom stereocenters. The SMILES string of the molecule is Cc1cccc2c3cccc(C)c3n(-c3cccc(-c4ccc5sc6ccc(-c7ncccn7)cc6c(=O)c5c4)c3)c12. The zero-order chi connectivity index (χ0) is 28.4. The first-order chi connectivity index (χ1) is 20.6. The minimum absolute atomic E-state index is 0.0307. The highest BCUT2D eigenvalue weighted by Crippen LogP contribution is 2.37. The lowest BCUT2D eigenvalue weighted by atomic mass is 10.0. The number of rotatable bonds is 3. The van der Waals surface area contributed by atoms with Crippen LogP contribution in [0, 0.1) is 13.8 Å². The van der Waals surface area contributed by atoms with Crippen LogP contribution in [-0.2, 0) is 0 Å². The molecule has 0 saturated carbocycles. The summed E-state index contributed by atoms with van der Waals surface area (Å²) >= 11 is 1.64. The monoisotopic (exact) mass is 559 g/mol. The van der Waals surface area contributed by atoms with E-state index in [0.29, 0.717) is 11.2 Å². The number of para-hydroxylation sites is 2. The summed E-state index contributed by atoms with van der Waals surface area (Å²) < 4.78 is 4.32. The van der Waals surface area contributed by atoms with Gasteiger partial charge in [0, 0.05) is 54.6 Å². The molecule has 0 aliphatic heterocycles. The molecule has 0 saturated heterocycles. The van der Waals surface area contributed by atoms with Crippen LogP contribution >= 0.6 is 11.3 Å². The summed E-state index contributed by atoms with van der Waals surface area (Å²) in [7, 11) is 0. The van der Waals surface area contributed by atoms with Crippen LogP contribution in [0.4, 0.5) is 0 Å². The fourth-order valence-corrected chi connectivity index (χ4v) is 7.20. The molecule has 5 heteroatoms. The second kappa shape index (κ2) is 9.47. The quantitative estimate of drug-likeness (QED) is 0.203. The Labute approximate surface area is 246 Å². The van der Waals surface area contributed by atoms with E-state index in [1.807, 2.05) is 24.3 Å². The molecule has 3 heterocycles. The van der Waals surface area contributed by atoms with Crippen LogP contribution in [-0.4, -0.2) is 14.5 Å². The Balaban J connectivity index is 1.31. The van der Waals surface area contributed by atoms with E-state index in [1.165, 1.54) is 32.9 Å². The standard InChI is InChI=1S/C37H25N3OS/c1-22-7-3-11-28-29-12-4-8-23(2)35(29)40(34(22)28)27-10-5-9-24(19-27)25-13-15-32-30(20-25)36(41)31-21-26(14-16-33(31)42-32)37-38-17-6-18-39-37/h3-21H,1-2H3. The molecule has 0 fully saturated rings. The molecule has 0 aliphatic carbocycles. The smallest absolute Gasteiger partial charge is 0.195 e. The highest BCUT2D eigenvalue weighted by molar-refractivity contribution is 7.24. The highest BCUT2D eigenvalue weighted by atomic mass is 32.1. The molecule has 8 aromatic rings. The van der Waals surface area contributed by atoms with Crippen molar-refractivity contribution < 1.29 is 0 Å². The Morgan fingerprint density at radius 3 is 1.81 bits per heavy atom. The second-order valence-corrected chi connectivity index (χ2v) is 11.8. The molecule has 42 heavy (non-hydrogen) atoms. The van der Waals surface area contributed by atoms with E-state index in [-0.39, 0.29) is 5.43 Å². The van der Waals surface area contributed by atoms with Crippen molar-refractivity contribution in [1.82, 2.24) is 14.5 Å². The van der Waals surface area contributed by atoms with E-state index in [1.54, 1.807) is 29.8 Å². The van der Waals surface area contributed by atoms with Crippen molar-refractivity contribution in [2.24, 2.45) is 0 Å². The summed E-state index contributed by atoms with van der Waals surface area (Å²) in [5, 5.41) is 3.94. The normalized spacial score (nSPS) is 11.7. The first-order valence-corrected chi connectivity index (χ1v) is 14.8. The van der Waals surface area contributed by atoms with Crippen LogP contribution in [0.3, 0.4) is 0 Å². The molecule has 200 valence electrons. The van der Waals surface area contributed by atoms with Crippen molar-refractivity contribution in [2.75, 3.05) is 0 Å². The van der Waals surface area contributed by atoms with Crippen molar-refractivity contribution in [3.05, 3.63) is 137 Å². The maximum absolute atomic E-state index is 13.8. The van der Waals surface area contributed by atoms with E-state index in [4.69, 9.17) is 0 Å². The third-order valence-corrected chi connectivity index (χ3v) is 9.29. The fraction of sp³-hybridized carbons (Fsp3) is 0.0541. The first-order valence-electron chi connectivity index (χ1n) is 13.9. The molecule has 0 radical (unpaired) electrons. The van der Waals surface area contributed by atoms with Crippen LogP contribution in [0.15, 0.2) is 120 Å². The van der Waals surface area contributed by atoms with Gasteiger partial charge in [-0.25, -0.2) is 9.97 Å². The third-order valence-electron chi connectivity index (χ3n) is 8.14. The van der Waals surface area contributed by atoms with Gasteiger partial charge in [0.25, 0.3) is 0 Å². The first kappa shape index (κ1) is 24.6. The topological polar surface area (TPSA) is 47.8 Å². The third kappa shape index (κ3) is 3.78. The van der Waals surface area contributed by atoms with Crippen LogP contribution in [0.1, 0.15) is 11.1 Å². The summed E-state index contributed by atoms with van der Waals surface area (Å²) in [5.41, 5.74) is 9.00. The van der Waals surface area contributed by atoms with E-state index in [9.17, 15) is 4.79 Å². The van der Waals surface area contributed by atoms with E-state index < -0.39 is 0 Å². The van der Waals surface area contributed by atoms with Gasteiger partial charge in [0.05, 0.1) is 11.0 Å². The Kier molecular flexibility index (Phi) is 5.56. The van der Waals surface area contributed by atoms with Gasteiger partial charge in [0.15, 0.2) is 11.3 Å². The molecular weight excluding hydrogens is 534 g/mol. The van der Waals surface area contributed by atoms with E-state index in [0.717, 1.165) is 37.2 Å². The molecule has 5 aromatic carbocycles. The summed E-state index contributed by atoms with van der Waals surface area (Å²) in [5.74, 6) is 0.616. The lowest BCUT2D eigenvalue weighted by Crippen LogP contribution is -2.02. The van der Waals surface area contributed by atoms with Gasteiger partial charge in [0.1, 0.15) is 0 Å². The van der Waals surface area contributed by atoms with Gasteiger partial charge in [-0.05, 0) is 84.6 Å². The zero-order valence-electron chi connectivity index (χ0n) is 23.1. The van der Waals surface area contributed by atoms with Crippen molar-refractivity contribution in [2.45, 2.75) is 13.8 Å². The molecule has 0 spiro atoms. The lowest BCUT2D eigenvalue weighted by Gasteiger charge is -2.13. The molecule has 4 nitrogen and oxygen atoms in total. The molecule has 0 amide bonds. The molecular formula is C37H25N3OS. The molecule has 8 rings (SSSR count). The molecule has 0 aliphatic rings. The summed E-state index contributed by atoms with van der Waals surface area (Å²) in [6.07, 6.45) is 3.44. The van der Waals surface area contributed by atoms with Gasteiger partial charge in [-0.1, -0.05) is 54.6 Å². The number of fused-ring (bicyclic) bond motifs is 5. The lowest BCUT2D eigenvalue weighted by molar-refractivity contribution is 1.16. The highest BCUT2D eigenvalue weighted by Gasteiger charge is 2.16. The number of aromatic nitrogens is 3. The zero-order valence-corrected chi connectivity index (χ0v) is 23.9. The van der Waals surface area contributed by atoms with E-state index >= 15 is 0 Å². The van der Waals surface area contributed by atoms with Gasteiger partial charge < -0.3 is 4.57 Å². The van der Waals surface area contributed by atoms with Crippen molar-refractivity contribution in [3.8, 4) is 28.2 Å². The summed E-state index contributed by atoms with van der Waals surface area (Å²) in [4.78, 5) is 22.6. The van der Waals surface area contributed by atoms with Gasteiger partial charge >= 0.3 is 0 Å². The molecule has 3 aromatic heterocycles. The van der Waals surface area contributed by atoms with Crippen LogP contribution in [0.5, 0.6) is 0 Å². The Bertz CT molecular complexity index is 2340. The fourth-order valence-electron chi connectivity index (χ4n) is 6.16. The van der Waals surface area contributed by atoms with E-state index in [2.05, 4.69) is 101 Å². The minimum atomic E-state index is 0.0307. The Morgan fingerprint density at radius 1 is 0.571 bits per heavy atom. The Hall–Kier alpha value is -5.13. The predicted octanol–water partition coefficient (Wildman–Crippen LogP) is 9.25. The largest absolute Gasteiger partial charge is 0.309 e. The van der Waals surface area contributed by atoms with Gasteiger partial charge in [-0.2, -0.15) is 0 Å². The van der Waals surface area contributed by atoms with Gasteiger partial charge in [0.2, 0.25) is 0 Å². The second-order valence-electron chi connectivity index (χ2n) is 10.8. The number of aryl methyl sites for hydroxylation is 2. The van der Waals surface area contributed by atoms with Crippen molar-refractivity contribution in [3.63, 3.8) is 0 Å². The maximum Gasteiger partial charge on any atom is 0.195 e. The molecule has 0 atom stereocenters. The predicted molar refractivity (Wildman–Crippen MR) is 176 cm³/mol. The van der Waals surface area contributed by atoms with Crippen molar-refractivity contribution in [1.29, 1.82) is 0 Å². The number of benzene rings is 5. The number of hydrogen-bond acceptors (Lipinski definition) is 4. The van der Waals surface area contributed by atoms with Crippen LogP contribution in [0.2, 0.25) is 0 Å². The summed E-state index contributed by atoms with van der Waals surface area (Å²) in [6.45, 7) is 4.35. The average Bonchev–Trinajstić information content (AvgIpc) is 3.38. The minimum Gasteiger partial charge on any atom is -0.309 e. The molecule has 0 N–H and O–H groups in total. The number of hydrogen-bond donors (Lipinski definition) is 0. The van der Waals surface area contributed by atoms with Crippen LogP contribution < -0.4 is 5.43 Å². The molecule has 0 bridgehead atoms. The summed E-state index contributed by atoms with van der Waals surface area (Å²) in [6, 6.07) is 35.6. The van der Waals surface area contributed by atoms with Crippen molar-refractivity contribution >= 4 is 53.3 Å². The van der Waals surface area contributed by atoms with Gasteiger partial charge in [-0.15, -0.1) is 11.3 Å². The number of nitrogens with zero attached hydrogens (tertiary/aromatic N) is 3. The van der Waals surface area contributed by atoms with Crippen LogP contribution in [0.25, 0.3) is 70.2 Å². The maximum atomic E-state index is 13.8. The average molecular weight is 560 g/mol. The Morgan fingerprint density at radius 2 is 1.14 bits per heavy atom.